The second-order valence-corrected chi connectivity index (χ2v) is 4.40. The van der Waals surface area contributed by atoms with Crippen LogP contribution in [-0.4, -0.2) is 46.6 Å². The number of hydrogen-bond donors (Lipinski definition) is 0. The Hall–Kier alpha value is -1.20. The van der Waals surface area contributed by atoms with Crippen molar-refractivity contribution in [1.82, 2.24) is 14.9 Å². The van der Waals surface area contributed by atoms with Gasteiger partial charge in [-0.15, -0.1) is 0 Å². The molecule has 2 heterocycles. The third-order valence-electron chi connectivity index (χ3n) is 2.56. The number of nitrogens with zero attached hydrogens (tertiary/aromatic N) is 3. The first-order valence-corrected chi connectivity index (χ1v) is 5.93. The van der Waals surface area contributed by atoms with Crippen LogP contribution in [0.2, 0.25) is 5.15 Å². The van der Waals surface area contributed by atoms with Crippen LogP contribution in [-0.2, 0) is 4.74 Å². The van der Waals surface area contributed by atoms with E-state index in [9.17, 15) is 4.79 Å². The number of carbonyl (C=O) groups is 1. The van der Waals surface area contributed by atoms with Gasteiger partial charge in [-0.2, -0.15) is 0 Å². The highest BCUT2D eigenvalue weighted by atomic mass is 35.5. The fourth-order valence-corrected chi connectivity index (χ4v) is 1.93. The van der Waals surface area contributed by atoms with Crippen LogP contribution in [0, 0.1) is 0 Å². The third-order valence-corrected chi connectivity index (χ3v) is 2.75. The summed E-state index contributed by atoms with van der Waals surface area (Å²) in [5.74, 6) is -0.141. The molecule has 1 fully saturated rings. The van der Waals surface area contributed by atoms with Crippen LogP contribution in [0.15, 0.2) is 12.4 Å². The SMILES string of the molecule is CC1CN(C(=O)c2cncc(Cl)n2)CCCO1. The molecule has 0 N–H and O–H groups in total. The van der Waals surface area contributed by atoms with Crippen molar-refractivity contribution in [1.29, 1.82) is 0 Å². The fraction of sp³-hybridized carbons (Fsp3) is 0.545. The molecule has 2 rings (SSSR count). The maximum Gasteiger partial charge on any atom is 0.274 e. The molecular formula is C11H14ClN3O2. The molecule has 1 aliphatic heterocycles. The Morgan fingerprint density at radius 2 is 2.41 bits per heavy atom. The van der Waals surface area contributed by atoms with Crippen molar-refractivity contribution >= 4 is 17.5 Å². The van der Waals surface area contributed by atoms with Crippen LogP contribution in [0.25, 0.3) is 0 Å². The predicted molar refractivity (Wildman–Crippen MR) is 63.0 cm³/mol. The molecule has 0 aliphatic carbocycles. The lowest BCUT2D eigenvalue weighted by Gasteiger charge is -2.21. The Balaban J connectivity index is 2.13. The Labute approximate surface area is 105 Å². The molecular weight excluding hydrogens is 242 g/mol. The molecule has 1 aromatic rings. The summed E-state index contributed by atoms with van der Waals surface area (Å²) in [5, 5.41) is 0.231. The highest BCUT2D eigenvalue weighted by molar-refractivity contribution is 6.29. The molecule has 1 unspecified atom stereocenters. The number of rotatable bonds is 1. The van der Waals surface area contributed by atoms with Gasteiger partial charge in [-0.1, -0.05) is 11.6 Å². The van der Waals surface area contributed by atoms with Gasteiger partial charge in [0.05, 0.1) is 18.5 Å². The summed E-state index contributed by atoms with van der Waals surface area (Å²) in [6.45, 7) is 3.89. The molecule has 6 heteroatoms. The zero-order valence-electron chi connectivity index (χ0n) is 9.60. The summed E-state index contributed by atoms with van der Waals surface area (Å²) >= 11 is 5.72. The van der Waals surface area contributed by atoms with Crippen LogP contribution in [0.3, 0.4) is 0 Å². The molecule has 0 radical (unpaired) electrons. The van der Waals surface area contributed by atoms with E-state index in [2.05, 4.69) is 9.97 Å². The van der Waals surface area contributed by atoms with Crippen LogP contribution in [0.5, 0.6) is 0 Å². The van der Waals surface area contributed by atoms with Crippen LogP contribution in [0.4, 0.5) is 0 Å². The van der Waals surface area contributed by atoms with Crippen molar-refractivity contribution in [2.75, 3.05) is 19.7 Å². The average Bonchev–Trinajstić information content (AvgIpc) is 2.53. The highest BCUT2D eigenvalue weighted by Crippen LogP contribution is 2.10. The maximum absolute atomic E-state index is 12.2. The van der Waals surface area contributed by atoms with Gasteiger partial charge in [0.25, 0.3) is 5.91 Å². The Kier molecular flexibility index (Phi) is 3.91. The first-order chi connectivity index (χ1) is 8.16. The number of ether oxygens (including phenoxy) is 1. The molecule has 1 aromatic heterocycles. The summed E-state index contributed by atoms with van der Waals surface area (Å²) in [6.07, 6.45) is 3.73. The van der Waals surface area contributed by atoms with Gasteiger partial charge in [0, 0.05) is 19.7 Å². The minimum atomic E-state index is -0.141. The molecule has 0 aromatic carbocycles. The number of halogens is 1. The van der Waals surface area contributed by atoms with Gasteiger partial charge in [-0.25, -0.2) is 4.98 Å². The quantitative estimate of drug-likeness (QED) is 0.761. The van der Waals surface area contributed by atoms with E-state index in [0.717, 1.165) is 6.42 Å². The summed E-state index contributed by atoms with van der Waals surface area (Å²) in [7, 11) is 0. The smallest absolute Gasteiger partial charge is 0.274 e. The van der Waals surface area contributed by atoms with Crippen molar-refractivity contribution in [3.05, 3.63) is 23.2 Å². The number of amides is 1. The Bertz CT molecular complexity index is 413. The fourth-order valence-electron chi connectivity index (χ4n) is 1.79. The van der Waals surface area contributed by atoms with Crippen LogP contribution in [0.1, 0.15) is 23.8 Å². The zero-order chi connectivity index (χ0) is 12.3. The number of carbonyl (C=O) groups excluding carboxylic acids is 1. The molecule has 1 saturated heterocycles. The van der Waals surface area contributed by atoms with Crippen molar-refractivity contribution in [3.8, 4) is 0 Å². The molecule has 0 saturated carbocycles. The van der Waals surface area contributed by atoms with Crippen molar-refractivity contribution < 1.29 is 9.53 Å². The van der Waals surface area contributed by atoms with Gasteiger partial charge in [0.15, 0.2) is 0 Å². The van der Waals surface area contributed by atoms with E-state index in [0.29, 0.717) is 19.7 Å². The van der Waals surface area contributed by atoms with Gasteiger partial charge in [0.1, 0.15) is 10.8 Å². The van der Waals surface area contributed by atoms with E-state index in [4.69, 9.17) is 16.3 Å². The Morgan fingerprint density at radius 3 is 3.18 bits per heavy atom. The first kappa shape index (κ1) is 12.3. The lowest BCUT2D eigenvalue weighted by molar-refractivity contribution is 0.0559. The van der Waals surface area contributed by atoms with E-state index in [1.165, 1.54) is 12.4 Å². The number of aromatic nitrogens is 2. The normalized spacial score (nSPS) is 21.1. The molecule has 0 bridgehead atoms. The largest absolute Gasteiger partial charge is 0.377 e. The van der Waals surface area contributed by atoms with Crippen LogP contribution >= 0.6 is 11.6 Å². The van der Waals surface area contributed by atoms with Gasteiger partial charge < -0.3 is 9.64 Å². The summed E-state index contributed by atoms with van der Waals surface area (Å²) < 4.78 is 5.49. The lowest BCUT2D eigenvalue weighted by atomic mass is 10.3. The molecule has 92 valence electrons. The highest BCUT2D eigenvalue weighted by Gasteiger charge is 2.22. The summed E-state index contributed by atoms with van der Waals surface area (Å²) in [6, 6.07) is 0. The minimum Gasteiger partial charge on any atom is -0.377 e. The molecule has 1 aliphatic rings. The third kappa shape index (κ3) is 3.14. The van der Waals surface area contributed by atoms with Crippen LogP contribution < -0.4 is 0 Å². The van der Waals surface area contributed by atoms with Gasteiger partial charge in [0.2, 0.25) is 0 Å². The lowest BCUT2D eigenvalue weighted by Crippen LogP contribution is -2.36. The number of hydrogen-bond acceptors (Lipinski definition) is 4. The Morgan fingerprint density at radius 1 is 1.59 bits per heavy atom. The van der Waals surface area contributed by atoms with Crippen molar-refractivity contribution in [2.45, 2.75) is 19.4 Å². The topological polar surface area (TPSA) is 55.3 Å². The maximum atomic E-state index is 12.2. The van der Waals surface area contributed by atoms with Gasteiger partial charge in [-0.05, 0) is 13.3 Å². The zero-order valence-corrected chi connectivity index (χ0v) is 10.4. The molecule has 1 atom stereocenters. The average molecular weight is 256 g/mol. The van der Waals surface area contributed by atoms with Crippen molar-refractivity contribution in [2.24, 2.45) is 0 Å². The molecule has 17 heavy (non-hydrogen) atoms. The van der Waals surface area contributed by atoms with E-state index < -0.39 is 0 Å². The summed E-state index contributed by atoms with van der Waals surface area (Å²) in [5.41, 5.74) is 0.284. The van der Waals surface area contributed by atoms with Gasteiger partial charge >= 0.3 is 0 Å². The first-order valence-electron chi connectivity index (χ1n) is 5.55. The predicted octanol–water partition coefficient (Wildman–Crippen LogP) is 1.38. The second kappa shape index (κ2) is 5.42. The summed E-state index contributed by atoms with van der Waals surface area (Å²) in [4.78, 5) is 21.7. The minimum absolute atomic E-state index is 0.0496. The van der Waals surface area contributed by atoms with Gasteiger partial charge in [-0.3, -0.25) is 9.78 Å². The molecule has 5 nitrogen and oxygen atoms in total. The van der Waals surface area contributed by atoms with E-state index >= 15 is 0 Å². The second-order valence-electron chi connectivity index (χ2n) is 4.01. The van der Waals surface area contributed by atoms with Crippen molar-refractivity contribution in [3.63, 3.8) is 0 Å². The molecule has 0 spiro atoms. The monoisotopic (exact) mass is 255 g/mol. The molecule has 1 amide bonds. The van der Waals surface area contributed by atoms with E-state index in [1.807, 2.05) is 6.92 Å². The standard InChI is InChI=1S/C11H14ClN3O2/c1-8-7-15(3-2-4-17-8)11(16)9-5-13-6-10(12)14-9/h5-6,8H,2-4,7H2,1H3. The van der Waals surface area contributed by atoms with E-state index in [-0.39, 0.29) is 22.9 Å². The van der Waals surface area contributed by atoms with E-state index in [1.54, 1.807) is 4.90 Å².